The van der Waals surface area contributed by atoms with E-state index in [1.54, 1.807) is 37.3 Å². The summed E-state index contributed by atoms with van der Waals surface area (Å²) in [5.41, 5.74) is 1.05. The first-order chi connectivity index (χ1) is 12.0. The topological polar surface area (TPSA) is 71.8 Å². The van der Waals surface area contributed by atoms with E-state index in [4.69, 9.17) is 4.42 Å². The van der Waals surface area contributed by atoms with Gasteiger partial charge in [0.05, 0.1) is 17.1 Å². The molecule has 1 aromatic carbocycles. The van der Waals surface area contributed by atoms with Gasteiger partial charge in [0.15, 0.2) is 11.7 Å². The molecule has 3 rings (SSSR count). The number of nitrogens with zero attached hydrogens (tertiary/aromatic N) is 3. The second-order valence-electron chi connectivity index (χ2n) is 5.61. The zero-order chi connectivity index (χ0) is 18.1. The molecular weight excluding hydrogens is 328 g/mol. The number of alkyl halides is 2. The molecule has 0 amide bonds. The molecule has 0 aliphatic rings. The van der Waals surface area contributed by atoms with Crippen LogP contribution in [0.5, 0.6) is 0 Å². The van der Waals surface area contributed by atoms with Gasteiger partial charge in [-0.1, -0.05) is 19.1 Å². The molecule has 0 aliphatic heterocycles. The van der Waals surface area contributed by atoms with Gasteiger partial charge in [-0.05, 0) is 30.7 Å². The summed E-state index contributed by atoms with van der Waals surface area (Å²) in [5, 5.41) is 9.49. The number of imidazole rings is 1. The number of fused-ring (bicyclic) bond motifs is 1. The monoisotopic (exact) mass is 343 g/mol. The van der Waals surface area contributed by atoms with Gasteiger partial charge in [0.2, 0.25) is 5.78 Å². The van der Waals surface area contributed by atoms with E-state index in [1.807, 2.05) is 6.92 Å². The number of carbonyl (C=O) groups excluding carboxylic acids is 1. The van der Waals surface area contributed by atoms with Gasteiger partial charge in [0.25, 0.3) is 0 Å². The fourth-order valence-electron chi connectivity index (χ4n) is 2.80. The van der Waals surface area contributed by atoms with Crippen LogP contribution in [0.2, 0.25) is 0 Å². The SMILES string of the molecule is CCc1cc(C)c(C(=O)C(C#N)c2nc3ccccc3n2C(F)F)o1. The molecule has 5 nitrogen and oxygen atoms in total. The Kier molecular flexibility index (Phi) is 4.36. The number of benzene rings is 1. The highest BCUT2D eigenvalue weighted by molar-refractivity contribution is 6.01. The number of halogens is 2. The Labute approximate surface area is 142 Å². The molecule has 7 heteroatoms. The van der Waals surface area contributed by atoms with Crippen LogP contribution in [0.15, 0.2) is 34.7 Å². The lowest BCUT2D eigenvalue weighted by molar-refractivity contribution is 0.0698. The lowest BCUT2D eigenvalue weighted by atomic mass is 10.0. The number of aryl methyl sites for hydroxylation is 2. The van der Waals surface area contributed by atoms with E-state index < -0.39 is 18.3 Å². The normalized spacial score (nSPS) is 12.5. The summed E-state index contributed by atoms with van der Waals surface area (Å²) in [6.45, 7) is 0.625. The highest BCUT2D eigenvalue weighted by atomic mass is 19.3. The number of hydrogen-bond acceptors (Lipinski definition) is 4. The maximum Gasteiger partial charge on any atom is 0.320 e. The third-order valence-corrected chi connectivity index (χ3v) is 4.01. The van der Waals surface area contributed by atoms with Crippen LogP contribution in [-0.4, -0.2) is 15.3 Å². The Morgan fingerprint density at radius 3 is 2.72 bits per heavy atom. The molecule has 0 bridgehead atoms. The highest BCUT2D eigenvalue weighted by Crippen LogP contribution is 2.30. The summed E-state index contributed by atoms with van der Waals surface area (Å²) in [6.07, 6.45) is 0.584. The van der Waals surface area contributed by atoms with Gasteiger partial charge >= 0.3 is 6.55 Å². The Morgan fingerprint density at radius 1 is 1.40 bits per heavy atom. The van der Waals surface area contributed by atoms with Crippen molar-refractivity contribution in [1.29, 1.82) is 5.26 Å². The number of para-hydroxylation sites is 2. The van der Waals surface area contributed by atoms with Crippen LogP contribution in [0.3, 0.4) is 0 Å². The summed E-state index contributed by atoms with van der Waals surface area (Å²) in [5.74, 6) is -1.82. The Morgan fingerprint density at radius 2 is 2.12 bits per heavy atom. The number of furan rings is 1. The third-order valence-electron chi connectivity index (χ3n) is 4.01. The molecule has 25 heavy (non-hydrogen) atoms. The van der Waals surface area contributed by atoms with Gasteiger partial charge < -0.3 is 4.42 Å². The van der Waals surface area contributed by atoms with Crippen LogP contribution >= 0.6 is 0 Å². The average Bonchev–Trinajstić information content (AvgIpc) is 3.15. The van der Waals surface area contributed by atoms with E-state index in [9.17, 15) is 18.8 Å². The summed E-state index contributed by atoms with van der Waals surface area (Å²) >= 11 is 0. The predicted molar refractivity (Wildman–Crippen MR) is 86.5 cm³/mol. The minimum Gasteiger partial charge on any atom is -0.458 e. The van der Waals surface area contributed by atoms with Gasteiger partial charge in [-0.15, -0.1) is 0 Å². The van der Waals surface area contributed by atoms with E-state index in [0.29, 0.717) is 27.8 Å². The third kappa shape index (κ3) is 2.80. The van der Waals surface area contributed by atoms with Crippen LogP contribution in [0.1, 0.15) is 47.1 Å². The van der Waals surface area contributed by atoms with Crippen LogP contribution < -0.4 is 0 Å². The van der Waals surface area contributed by atoms with Crippen molar-refractivity contribution in [2.45, 2.75) is 32.7 Å². The average molecular weight is 343 g/mol. The molecule has 3 aromatic rings. The molecular formula is C18H15F2N3O2. The standard InChI is InChI=1S/C18H15F2N3O2/c1-3-11-8-10(2)16(25-11)15(24)12(9-21)17-22-13-6-4-5-7-14(13)23(17)18(19)20/h4-8,12,18H,3H2,1-2H3. The molecule has 128 valence electrons. The Balaban J connectivity index is 2.14. The van der Waals surface area contributed by atoms with Gasteiger partial charge in [-0.3, -0.25) is 9.36 Å². The summed E-state index contributed by atoms with van der Waals surface area (Å²) in [7, 11) is 0. The van der Waals surface area contributed by atoms with Gasteiger partial charge in [0.1, 0.15) is 11.6 Å². The van der Waals surface area contributed by atoms with Crippen molar-refractivity contribution >= 4 is 16.8 Å². The number of nitriles is 1. The molecule has 0 spiro atoms. The van der Waals surface area contributed by atoms with Crippen molar-refractivity contribution < 1.29 is 18.0 Å². The fourth-order valence-corrected chi connectivity index (χ4v) is 2.80. The Bertz CT molecular complexity index is 982. The van der Waals surface area contributed by atoms with Crippen molar-refractivity contribution in [2.75, 3.05) is 0 Å². The van der Waals surface area contributed by atoms with Crippen molar-refractivity contribution in [3.05, 3.63) is 53.2 Å². The van der Waals surface area contributed by atoms with Crippen molar-refractivity contribution in [3.8, 4) is 6.07 Å². The summed E-state index contributed by atoms with van der Waals surface area (Å²) in [6, 6.07) is 9.80. The first-order valence-corrected chi connectivity index (χ1v) is 7.76. The molecule has 0 aliphatic carbocycles. The Hall–Kier alpha value is -3.01. The molecule has 2 heterocycles. The second-order valence-corrected chi connectivity index (χ2v) is 5.61. The first kappa shape index (κ1) is 16.8. The smallest absolute Gasteiger partial charge is 0.320 e. The fraction of sp³-hybridized carbons (Fsp3) is 0.278. The molecule has 1 atom stereocenters. The zero-order valence-electron chi connectivity index (χ0n) is 13.7. The number of ketones is 1. The van der Waals surface area contributed by atoms with E-state index in [0.717, 1.165) is 0 Å². The highest BCUT2D eigenvalue weighted by Gasteiger charge is 2.33. The van der Waals surface area contributed by atoms with Crippen LogP contribution in [0.4, 0.5) is 8.78 Å². The maximum absolute atomic E-state index is 13.6. The lowest BCUT2D eigenvalue weighted by Crippen LogP contribution is -2.17. The van der Waals surface area contributed by atoms with Gasteiger partial charge in [-0.25, -0.2) is 4.98 Å². The number of aromatic nitrogens is 2. The molecule has 2 aromatic heterocycles. The molecule has 1 unspecified atom stereocenters. The summed E-state index contributed by atoms with van der Waals surface area (Å²) < 4.78 is 33.2. The molecule has 0 fully saturated rings. The number of rotatable bonds is 5. The van der Waals surface area contributed by atoms with E-state index in [2.05, 4.69) is 4.98 Å². The van der Waals surface area contributed by atoms with Crippen LogP contribution in [0.25, 0.3) is 11.0 Å². The first-order valence-electron chi connectivity index (χ1n) is 7.76. The summed E-state index contributed by atoms with van der Waals surface area (Å²) in [4.78, 5) is 16.9. The quantitative estimate of drug-likeness (QED) is 0.644. The molecule has 0 saturated heterocycles. The van der Waals surface area contributed by atoms with Gasteiger partial charge in [-0.2, -0.15) is 14.0 Å². The number of Topliss-reactive ketones (excluding diaryl/α,β-unsaturated/α-hetero) is 1. The minimum atomic E-state index is -2.92. The van der Waals surface area contributed by atoms with E-state index in [1.165, 1.54) is 6.07 Å². The van der Waals surface area contributed by atoms with Gasteiger partial charge in [0, 0.05) is 6.42 Å². The van der Waals surface area contributed by atoms with Crippen LogP contribution in [-0.2, 0) is 6.42 Å². The van der Waals surface area contributed by atoms with E-state index >= 15 is 0 Å². The predicted octanol–water partition coefficient (Wildman–Crippen LogP) is 4.39. The molecule has 0 N–H and O–H groups in total. The largest absolute Gasteiger partial charge is 0.458 e. The van der Waals surface area contributed by atoms with Crippen molar-refractivity contribution in [3.63, 3.8) is 0 Å². The molecule has 0 radical (unpaired) electrons. The minimum absolute atomic E-state index is 0.0104. The molecule has 0 saturated carbocycles. The van der Waals surface area contributed by atoms with Crippen LogP contribution in [0, 0.1) is 18.3 Å². The number of hydrogen-bond donors (Lipinski definition) is 0. The second kappa shape index (κ2) is 6.48. The maximum atomic E-state index is 13.6. The van der Waals surface area contributed by atoms with Crippen molar-refractivity contribution in [1.82, 2.24) is 9.55 Å². The van der Waals surface area contributed by atoms with E-state index in [-0.39, 0.29) is 17.1 Å². The zero-order valence-corrected chi connectivity index (χ0v) is 13.7. The number of carbonyl (C=O) groups is 1. The van der Waals surface area contributed by atoms with Crippen molar-refractivity contribution in [2.24, 2.45) is 0 Å². The lowest BCUT2D eigenvalue weighted by Gasteiger charge is -2.11.